The molecular weight excluding hydrogens is 368 g/mol. The number of carbonyl (C=O) groups excluding carboxylic acids is 1. The lowest BCUT2D eigenvalue weighted by atomic mass is 10.1. The molecular formula is C16H17ClN2O3S2. The molecule has 1 aliphatic rings. The van der Waals surface area contributed by atoms with Crippen molar-refractivity contribution >= 4 is 44.6 Å². The summed E-state index contributed by atoms with van der Waals surface area (Å²) in [4.78, 5) is 12.6. The average Bonchev–Trinajstić information content (AvgIpc) is 3.22. The van der Waals surface area contributed by atoms with E-state index in [1.165, 1.54) is 4.31 Å². The summed E-state index contributed by atoms with van der Waals surface area (Å²) in [5.41, 5.74) is 1.37. The molecule has 0 spiro atoms. The van der Waals surface area contributed by atoms with Gasteiger partial charge >= 0.3 is 0 Å². The van der Waals surface area contributed by atoms with Crippen LogP contribution in [0.1, 0.15) is 18.4 Å². The summed E-state index contributed by atoms with van der Waals surface area (Å²) in [7, 11) is -3.64. The van der Waals surface area contributed by atoms with Gasteiger partial charge in [-0.1, -0.05) is 23.7 Å². The molecule has 128 valence electrons. The van der Waals surface area contributed by atoms with E-state index < -0.39 is 16.1 Å². The van der Waals surface area contributed by atoms with Gasteiger partial charge in [0.25, 0.3) is 10.0 Å². The Morgan fingerprint density at radius 3 is 2.83 bits per heavy atom. The fourth-order valence-corrected chi connectivity index (χ4v) is 5.73. The first-order valence-corrected chi connectivity index (χ1v) is 10.2. The molecule has 1 fully saturated rings. The van der Waals surface area contributed by atoms with Gasteiger partial charge in [-0.2, -0.15) is 4.31 Å². The lowest BCUT2D eigenvalue weighted by Gasteiger charge is -2.23. The number of amides is 1. The molecule has 1 amide bonds. The number of thiophene rings is 1. The third kappa shape index (κ3) is 3.21. The van der Waals surface area contributed by atoms with Crippen molar-refractivity contribution < 1.29 is 13.2 Å². The van der Waals surface area contributed by atoms with Crippen molar-refractivity contribution in [1.29, 1.82) is 0 Å². The van der Waals surface area contributed by atoms with Crippen molar-refractivity contribution in [3.63, 3.8) is 0 Å². The minimum atomic E-state index is -3.64. The van der Waals surface area contributed by atoms with Gasteiger partial charge in [0.1, 0.15) is 10.3 Å². The number of carbonyl (C=O) groups is 1. The fourth-order valence-electron chi connectivity index (χ4n) is 2.77. The van der Waals surface area contributed by atoms with Crippen molar-refractivity contribution in [2.24, 2.45) is 0 Å². The molecule has 24 heavy (non-hydrogen) atoms. The van der Waals surface area contributed by atoms with E-state index >= 15 is 0 Å². The number of hydrogen-bond acceptors (Lipinski definition) is 4. The summed E-state index contributed by atoms with van der Waals surface area (Å²) in [6.07, 6.45) is 1.17. The summed E-state index contributed by atoms with van der Waals surface area (Å²) >= 11 is 7.23. The largest absolute Gasteiger partial charge is 0.324 e. The molecule has 2 heterocycles. The lowest BCUT2D eigenvalue weighted by molar-refractivity contribution is -0.119. The van der Waals surface area contributed by atoms with Crippen LogP contribution in [0.25, 0.3) is 0 Å². The normalized spacial score (nSPS) is 18.7. The quantitative estimate of drug-likeness (QED) is 0.877. The van der Waals surface area contributed by atoms with Gasteiger partial charge < -0.3 is 5.32 Å². The van der Waals surface area contributed by atoms with E-state index in [9.17, 15) is 13.2 Å². The second kappa shape index (κ2) is 6.84. The topological polar surface area (TPSA) is 66.5 Å². The zero-order valence-corrected chi connectivity index (χ0v) is 15.4. The Kier molecular flexibility index (Phi) is 4.96. The highest BCUT2D eigenvalue weighted by molar-refractivity contribution is 7.91. The first-order chi connectivity index (χ1) is 11.4. The maximum Gasteiger partial charge on any atom is 0.253 e. The monoisotopic (exact) mass is 384 g/mol. The number of anilines is 1. The van der Waals surface area contributed by atoms with Crippen molar-refractivity contribution in [3.8, 4) is 0 Å². The summed E-state index contributed by atoms with van der Waals surface area (Å²) < 4.78 is 27.0. The first-order valence-electron chi connectivity index (χ1n) is 7.52. The van der Waals surface area contributed by atoms with Crippen LogP contribution in [0, 0.1) is 6.92 Å². The zero-order chi connectivity index (χ0) is 17.3. The van der Waals surface area contributed by atoms with E-state index in [2.05, 4.69) is 5.32 Å². The van der Waals surface area contributed by atoms with Gasteiger partial charge in [-0.25, -0.2) is 8.42 Å². The molecule has 1 saturated heterocycles. The van der Waals surface area contributed by atoms with Crippen LogP contribution in [-0.4, -0.2) is 31.2 Å². The highest BCUT2D eigenvalue weighted by Crippen LogP contribution is 2.30. The second-order valence-corrected chi connectivity index (χ2v) is 9.08. The predicted octanol–water partition coefficient (Wildman–Crippen LogP) is 3.50. The average molecular weight is 385 g/mol. The van der Waals surface area contributed by atoms with Crippen LogP contribution < -0.4 is 5.32 Å². The molecule has 1 unspecified atom stereocenters. The summed E-state index contributed by atoms with van der Waals surface area (Å²) in [6, 6.07) is 7.81. The standard InChI is InChI=1S/C16H17ClN2O3S2/c1-11-12(17)5-2-6-13(11)18-16(20)14-7-3-9-19(14)24(21,22)15-8-4-10-23-15/h2,4-6,8,10,14H,3,7,9H2,1H3,(H,18,20). The Balaban J connectivity index is 1.83. The fraction of sp³-hybridized carbons (Fsp3) is 0.312. The van der Waals surface area contributed by atoms with Gasteiger partial charge in [-0.15, -0.1) is 11.3 Å². The highest BCUT2D eigenvalue weighted by atomic mass is 35.5. The van der Waals surface area contributed by atoms with E-state index in [1.54, 1.807) is 35.7 Å². The molecule has 0 radical (unpaired) electrons. The minimum absolute atomic E-state index is 0.265. The molecule has 1 N–H and O–H groups in total. The van der Waals surface area contributed by atoms with Crippen LogP contribution in [0.2, 0.25) is 5.02 Å². The SMILES string of the molecule is Cc1c(Cl)cccc1NC(=O)C1CCCN1S(=O)(=O)c1cccs1. The number of benzene rings is 1. The molecule has 5 nitrogen and oxygen atoms in total. The van der Waals surface area contributed by atoms with Gasteiger partial charge in [0.2, 0.25) is 5.91 Å². The van der Waals surface area contributed by atoms with E-state index in [-0.39, 0.29) is 10.1 Å². The summed E-state index contributed by atoms with van der Waals surface area (Å²) in [6.45, 7) is 2.17. The number of rotatable bonds is 4. The van der Waals surface area contributed by atoms with Gasteiger partial charge in [-0.05, 0) is 48.9 Å². The van der Waals surface area contributed by atoms with Crippen LogP contribution in [0.15, 0.2) is 39.9 Å². The zero-order valence-electron chi connectivity index (χ0n) is 13.0. The summed E-state index contributed by atoms with van der Waals surface area (Å²) in [5, 5.41) is 5.09. The number of sulfonamides is 1. The maximum atomic E-state index is 12.7. The van der Waals surface area contributed by atoms with E-state index in [4.69, 9.17) is 11.6 Å². The van der Waals surface area contributed by atoms with Gasteiger partial charge in [0.05, 0.1) is 0 Å². The predicted molar refractivity (Wildman–Crippen MR) is 96.1 cm³/mol. The molecule has 1 aromatic heterocycles. The van der Waals surface area contributed by atoms with Crippen molar-refractivity contribution in [2.45, 2.75) is 30.0 Å². The Bertz CT molecular complexity index is 850. The molecule has 1 aliphatic heterocycles. The van der Waals surface area contributed by atoms with Crippen molar-refractivity contribution in [1.82, 2.24) is 4.31 Å². The number of hydrogen-bond donors (Lipinski definition) is 1. The van der Waals surface area contributed by atoms with Crippen LogP contribution in [0.4, 0.5) is 5.69 Å². The number of nitrogens with one attached hydrogen (secondary N) is 1. The molecule has 2 aromatic rings. The number of nitrogens with zero attached hydrogens (tertiary/aromatic N) is 1. The Morgan fingerprint density at radius 2 is 2.12 bits per heavy atom. The molecule has 0 bridgehead atoms. The molecule has 3 rings (SSSR count). The smallest absolute Gasteiger partial charge is 0.253 e. The van der Waals surface area contributed by atoms with Crippen LogP contribution in [-0.2, 0) is 14.8 Å². The van der Waals surface area contributed by atoms with Gasteiger partial charge in [-0.3, -0.25) is 4.79 Å². The summed E-state index contributed by atoms with van der Waals surface area (Å²) in [5.74, 6) is -0.321. The van der Waals surface area contributed by atoms with Crippen molar-refractivity contribution in [3.05, 3.63) is 46.3 Å². The third-order valence-corrected chi connectivity index (χ3v) is 7.78. The van der Waals surface area contributed by atoms with Crippen molar-refractivity contribution in [2.75, 3.05) is 11.9 Å². The third-order valence-electron chi connectivity index (χ3n) is 4.09. The van der Waals surface area contributed by atoms with Crippen LogP contribution in [0.5, 0.6) is 0 Å². The lowest BCUT2D eigenvalue weighted by Crippen LogP contribution is -2.42. The Hall–Kier alpha value is -1.41. The van der Waals surface area contributed by atoms with Crippen LogP contribution >= 0.6 is 22.9 Å². The second-order valence-electron chi connectivity index (χ2n) is 5.61. The highest BCUT2D eigenvalue weighted by Gasteiger charge is 2.39. The molecule has 0 aliphatic carbocycles. The maximum absolute atomic E-state index is 12.7. The van der Waals surface area contributed by atoms with E-state index in [0.717, 1.165) is 16.9 Å². The molecule has 1 atom stereocenters. The Morgan fingerprint density at radius 1 is 1.33 bits per heavy atom. The van der Waals surface area contributed by atoms with Gasteiger partial charge in [0.15, 0.2) is 0 Å². The van der Waals surface area contributed by atoms with E-state index in [0.29, 0.717) is 30.1 Å². The van der Waals surface area contributed by atoms with E-state index in [1.807, 2.05) is 6.92 Å². The molecule has 8 heteroatoms. The number of halogens is 1. The Labute approximate surface area is 150 Å². The molecule has 0 saturated carbocycles. The molecule has 1 aromatic carbocycles. The first kappa shape index (κ1) is 17.4. The van der Waals surface area contributed by atoms with Crippen LogP contribution in [0.3, 0.4) is 0 Å². The minimum Gasteiger partial charge on any atom is -0.324 e. The van der Waals surface area contributed by atoms with Gasteiger partial charge in [0, 0.05) is 17.3 Å².